The molecule has 6 heteroatoms. The average Bonchev–Trinajstić information content (AvgIpc) is 2.95. The highest BCUT2D eigenvalue weighted by atomic mass is 35.5. The van der Waals surface area contributed by atoms with Gasteiger partial charge in [-0.05, 0) is 35.9 Å². The third-order valence-corrected chi connectivity index (χ3v) is 3.48. The van der Waals surface area contributed by atoms with E-state index in [0.717, 1.165) is 11.3 Å². The standard InChI is InChI=1S/C15H13ClN2O3/c16-11-6-10(2-3-12(11)17)15(19)18-7-9-1-4-13-14(5-9)21-8-20-13/h1-6H,7-8,17H2,(H,18,19). The van der Waals surface area contributed by atoms with Gasteiger partial charge in [0.2, 0.25) is 6.79 Å². The van der Waals surface area contributed by atoms with Gasteiger partial charge in [-0.1, -0.05) is 17.7 Å². The Morgan fingerprint density at radius 2 is 2.00 bits per heavy atom. The molecule has 3 rings (SSSR count). The maximum Gasteiger partial charge on any atom is 0.251 e. The summed E-state index contributed by atoms with van der Waals surface area (Å²) in [7, 11) is 0. The van der Waals surface area contributed by atoms with Crippen molar-refractivity contribution in [3.05, 3.63) is 52.5 Å². The summed E-state index contributed by atoms with van der Waals surface area (Å²) in [6, 6.07) is 10.3. The molecule has 2 aromatic rings. The SMILES string of the molecule is Nc1ccc(C(=O)NCc2ccc3c(c2)OCO3)cc1Cl. The first kappa shape index (κ1) is 13.6. The van der Waals surface area contributed by atoms with Crippen molar-refractivity contribution in [3.8, 4) is 11.5 Å². The first-order valence-corrected chi connectivity index (χ1v) is 6.73. The van der Waals surface area contributed by atoms with Crippen LogP contribution in [0.5, 0.6) is 11.5 Å². The molecule has 0 atom stereocenters. The Hall–Kier alpha value is -2.40. The molecule has 0 aliphatic carbocycles. The fourth-order valence-corrected chi connectivity index (χ4v) is 2.18. The Balaban J connectivity index is 1.67. The van der Waals surface area contributed by atoms with E-state index in [1.54, 1.807) is 18.2 Å². The number of carbonyl (C=O) groups excluding carboxylic acids is 1. The second kappa shape index (κ2) is 5.54. The highest BCUT2D eigenvalue weighted by Gasteiger charge is 2.13. The summed E-state index contributed by atoms with van der Waals surface area (Å²) in [5.41, 5.74) is 7.46. The van der Waals surface area contributed by atoms with Crippen LogP contribution >= 0.6 is 11.6 Å². The number of rotatable bonds is 3. The second-order valence-electron chi connectivity index (χ2n) is 4.61. The third-order valence-electron chi connectivity index (χ3n) is 3.15. The molecule has 0 bridgehead atoms. The maximum absolute atomic E-state index is 12.0. The van der Waals surface area contributed by atoms with Gasteiger partial charge in [-0.15, -0.1) is 0 Å². The van der Waals surface area contributed by atoms with E-state index < -0.39 is 0 Å². The monoisotopic (exact) mass is 304 g/mol. The molecule has 1 amide bonds. The Labute approximate surface area is 126 Å². The van der Waals surface area contributed by atoms with Crippen LogP contribution in [0.4, 0.5) is 5.69 Å². The molecule has 3 N–H and O–H groups in total. The van der Waals surface area contributed by atoms with Gasteiger partial charge in [0.1, 0.15) is 0 Å². The fourth-order valence-electron chi connectivity index (χ4n) is 2.00. The number of halogens is 1. The first-order valence-electron chi connectivity index (χ1n) is 6.35. The van der Waals surface area contributed by atoms with Crippen molar-refractivity contribution < 1.29 is 14.3 Å². The van der Waals surface area contributed by atoms with Crippen LogP contribution in [0.1, 0.15) is 15.9 Å². The van der Waals surface area contributed by atoms with E-state index in [1.807, 2.05) is 18.2 Å². The number of carbonyl (C=O) groups is 1. The van der Waals surface area contributed by atoms with Crippen LogP contribution in [0, 0.1) is 0 Å². The molecule has 0 unspecified atom stereocenters. The fraction of sp³-hybridized carbons (Fsp3) is 0.133. The van der Waals surface area contributed by atoms with Crippen LogP contribution in [-0.2, 0) is 6.54 Å². The molecular weight excluding hydrogens is 292 g/mol. The number of nitrogens with two attached hydrogens (primary N) is 1. The number of benzene rings is 2. The zero-order valence-corrected chi connectivity index (χ0v) is 11.8. The van der Waals surface area contributed by atoms with Crippen molar-refractivity contribution in [2.75, 3.05) is 12.5 Å². The molecule has 1 heterocycles. The molecule has 0 saturated carbocycles. The van der Waals surface area contributed by atoms with E-state index in [9.17, 15) is 4.79 Å². The lowest BCUT2D eigenvalue weighted by molar-refractivity contribution is 0.0951. The minimum atomic E-state index is -0.213. The number of fused-ring (bicyclic) bond motifs is 1. The van der Waals surface area contributed by atoms with Gasteiger partial charge in [-0.2, -0.15) is 0 Å². The molecule has 0 radical (unpaired) electrons. The lowest BCUT2D eigenvalue weighted by atomic mass is 10.1. The molecule has 5 nitrogen and oxygen atoms in total. The predicted octanol–water partition coefficient (Wildman–Crippen LogP) is 2.58. The van der Waals surface area contributed by atoms with Crippen LogP contribution < -0.4 is 20.5 Å². The summed E-state index contributed by atoms with van der Waals surface area (Å²) >= 11 is 5.90. The molecule has 0 fully saturated rings. The summed E-state index contributed by atoms with van der Waals surface area (Å²) in [5.74, 6) is 1.20. The maximum atomic E-state index is 12.0. The largest absolute Gasteiger partial charge is 0.454 e. The lowest BCUT2D eigenvalue weighted by Gasteiger charge is -2.07. The van der Waals surface area contributed by atoms with Gasteiger partial charge in [0.15, 0.2) is 11.5 Å². The summed E-state index contributed by atoms with van der Waals surface area (Å²) in [4.78, 5) is 12.0. The van der Waals surface area contributed by atoms with Gasteiger partial charge in [-0.25, -0.2) is 0 Å². The van der Waals surface area contributed by atoms with Gasteiger partial charge in [0.25, 0.3) is 5.91 Å². The smallest absolute Gasteiger partial charge is 0.251 e. The van der Waals surface area contributed by atoms with Crippen molar-refractivity contribution >= 4 is 23.2 Å². The van der Waals surface area contributed by atoms with Gasteiger partial charge in [0.05, 0.1) is 10.7 Å². The molecule has 1 aliphatic heterocycles. The number of hydrogen-bond donors (Lipinski definition) is 2. The topological polar surface area (TPSA) is 73.6 Å². The minimum Gasteiger partial charge on any atom is -0.454 e. The van der Waals surface area contributed by atoms with E-state index in [0.29, 0.717) is 28.6 Å². The molecule has 2 aromatic carbocycles. The summed E-state index contributed by atoms with van der Waals surface area (Å²) < 4.78 is 10.5. The predicted molar refractivity (Wildman–Crippen MR) is 79.6 cm³/mol. The second-order valence-corrected chi connectivity index (χ2v) is 5.01. The highest BCUT2D eigenvalue weighted by Crippen LogP contribution is 2.32. The number of nitrogens with one attached hydrogen (secondary N) is 1. The Morgan fingerprint density at radius 1 is 1.19 bits per heavy atom. The average molecular weight is 305 g/mol. The Kier molecular flexibility index (Phi) is 3.58. The number of ether oxygens (including phenoxy) is 2. The van der Waals surface area contributed by atoms with E-state index >= 15 is 0 Å². The zero-order chi connectivity index (χ0) is 14.8. The Morgan fingerprint density at radius 3 is 2.81 bits per heavy atom. The van der Waals surface area contributed by atoms with Crippen LogP contribution in [0.25, 0.3) is 0 Å². The van der Waals surface area contributed by atoms with Gasteiger partial charge in [0, 0.05) is 12.1 Å². The van der Waals surface area contributed by atoms with Crippen LogP contribution in [0.15, 0.2) is 36.4 Å². The normalized spacial score (nSPS) is 12.2. The van der Waals surface area contributed by atoms with Crippen molar-refractivity contribution in [1.82, 2.24) is 5.32 Å². The van der Waals surface area contributed by atoms with Gasteiger partial charge < -0.3 is 20.5 Å². The van der Waals surface area contributed by atoms with Crippen molar-refractivity contribution in [2.24, 2.45) is 0 Å². The van der Waals surface area contributed by atoms with Crippen LogP contribution in [-0.4, -0.2) is 12.7 Å². The molecule has 0 saturated heterocycles. The first-order chi connectivity index (χ1) is 10.1. The summed E-state index contributed by atoms with van der Waals surface area (Å²) in [6.07, 6.45) is 0. The number of anilines is 1. The van der Waals surface area contributed by atoms with Crippen molar-refractivity contribution in [3.63, 3.8) is 0 Å². The summed E-state index contributed by atoms with van der Waals surface area (Å²) in [5, 5.41) is 3.18. The van der Waals surface area contributed by atoms with Crippen molar-refractivity contribution in [2.45, 2.75) is 6.54 Å². The number of amides is 1. The van der Waals surface area contributed by atoms with E-state index in [-0.39, 0.29) is 12.7 Å². The highest BCUT2D eigenvalue weighted by molar-refractivity contribution is 6.33. The van der Waals surface area contributed by atoms with E-state index in [1.165, 1.54) is 0 Å². The minimum absolute atomic E-state index is 0.213. The van der Waals surface area contributed by atoms with Crippen LogP contribution in [0.3, 0.4) is 0 Å². The third kappa shape index (κ3) is 2.87. The van der Waals surface area contributed by atoms with E-state index in [2.05, 4.69) is 5.32 Å². The van der Waals surface area contributed by atoms with Crippen LogP contribution in [0.2, 0.25) is 5.02 Å². The van der Waals surface area contributed by atoms with Gasteiger partial charge >= 0.3 is 0 Å². The zero-order valence-electron chi connectivity index (χ0n) is 11.1. The molecule has 1 aliphatic rings. The Bertz CT molecular complexity index is 703. The summed E-state index contributed by atoms with van der Waals surface area (Å²) in [6.45, 7) is 0.618. The molecule has 108 valence electrons. The quantitative estimate of drug-likeness (QED) is 0.855. The van der Waals surface area contributed by atoms with Gasteiger partial charge in [-0.3, -0.25) is 4.79 Å². The molecule has 21 heavy (non-hydrogen) atoms. The molecule has 0 aromatic heterocycles. The van der Waals surface area contributed by atoms with Crippen molar-refractivity contribution in [1.29, 1.82) is 0 Å². The number of nitrogen functional groups attached to an aromatic ring is 1. The molecular formula is C15H13ClN2O3. The lowest BCUT2D eigenvalue weighted by Crippen LogP contribution is -2.22. The molecule has 0 spiro atoms. The number of hydrogen-bond acceptors (Lipinski definition) is 4. The van der Waals surface area contributed by atoms with E-state index in [4.69, 9.17) is 26.8 Å².